The molecule has 136 valence electrons. The van der Waals surface area contributed by atoms with E-state index in [1.165, 1.54) is 6.07 Å². The minimum atomic E-state index is -0.263. The van der Waals surface area contributed by atoms with Gasteiger partial charge in [0.05, 0.1) is 22.8 Å². The fourth-order valence-electron chi connectivity index (χ4n) is 3.58. The first-order valence-electron chi connectivity index (χ1n) is 8.92. The minimum Gasteiger partial charge on any atom is -0.368 e. The Kier molecular flexibility index (Phi) is 3.93. The molecule has 0 amide bonds. The third-order valence-corrected chi connectivity index (χ3v) is 6.29. The second kappa shape index (κ2) is 6.45. The zero-order valence-electron chi connectivity index (χ0n) is 14.5. The number of nitrogens with zero attached hydrogens (tertiary/aromatic N) is 5. The SMILES string of the molecule is Fc1cccnc1C1(CNc2ccc(-c3nc4c(s3)C=NC4)nn2)CCC1. The van der Waals surface area contributed by atoms with Gasteiger partial charge in [0.25, 0.3) is 0 Å². The summed E-state index contributed by atoms with van der Waals surface area (Å²) in [7, 11) is 0. The van der Waals surface area contributed by atoms with Crippen LogP contribution in [0.15, 0.2) is 35.5 Å². The maximum Gasteiger partial charge on any atom is 0.148 e. The molecule has 6 nitrogen and oxygen atoms in total. The van der Waals surface area contributed by atoms with Crippen LogP contribution in [0.3, 0.4) is 0 Å². The second-order valence-electron chi connectivity index (χ2n) is 6.92. The summed E-state index contributed by atoms with van der Waals surface area (Å²) in [6, 6.07) is 6.91. The summed E-state index contributed by atoms with van der Waals surface area (Å²) in [5, 5.41) is 12.7. The van der Waals surface area contributed by atoms with Crippen LogP contribution in [0.4, 0.5) is 10.2 Å². The lowest BCUT2D eigenvalue weighted by Crippen LogP contribution is -2.42. The number of halogens is 1. The van der Waals surface area contributed by atoms with Gasteiger partial charge in [-0.15, -0.1) is 21.5 Å². The first-order chi connectivity index (χ1) is 13.2. The summed E-state index contributed by atoms with van der Waals surface area (Å²) < 4.78 is 14.2. The highest BCUT2D eigenvalue weighted by atomic mass is 32.1. The number of rotatable bonds is 5. The van der Waals surface area contributed by atoms with Crippen molar-refractivity contribution in [3.05, 3.63) is 52.5 Å². The maximum absolute atomic E-state index is 14.2. The molecular weight excluding hydrogens is 363 g/mol. The van der Waals surface area contributed by atoms with Crippen molar-refractivity contribution in [1.82, 2.24) is 20.2 Å². The molecule has 1 fully saturated rings. The molecule has 1 saturated carbocycles. The smallest absolute Gasteiger partial charge is 0.148 e. The number of nitrogens with one attached hydrogen (secondary N) is 1. The summed E-state index contributed by atoms with van der Waals surface area (Å²) in [5.41, 5.74) is 2.04. The summed E-state index contributed by atoms with van der Waals surface area (Å²) in [6.07, 6.45) is 6.44. The fraction of sp³-hybridized carbons (Fsp3) is 0.316. The van der Waals surface area contributed by atoms with Crippen molar-refractivity contribution in [2.45, 2.75) is 31.2 Å². The van der Waals surface area contributed by atoms with Crippen molar-refractivity contribution < 1.29 is 4.39 Å². The van der Waals surface area contributed by atoms with Crippen LogP contribution < -0.4 is 5.32 Å². The van der Waals surface area contributed by atoms with E-state index in [4.69, 9.17) is 0 Å². The Labute approximate surface area is 159 Å². The molecule has 1 aliphatic heterocycles. The molecule has 0 radical (unpaired) electrons. The molecule has 1 N–H and O–H groups in total. The number of aliphatic imine (C=N–C) groups is 1. The normalized spacial score (nSPS) is 16.8. The highest BCUT2D eigenvalue weighted by Gasteiger charge is 2.41. The van der Waals surface area contributed by atoms with Crippen LogP contribution in [0.5, 0.6) is 0 Å². The average Bonchev–Trinajstić information content (AvgIpc) is 3.25. The van der Waals surface area contributed by atoms with Gasteiger partial charge in [-0.05, 0) is 37.1 Å². The lowest BCUT2D eigenvalue weighted by Gasteiger charge is -2.41. The molecule has 0 aromatic carbocycles. The summed E-state index contributed by atoms with van der Waals surface area (Å²) in [5.74, 6) is 0.438. The average molecular weight is 380 g/mol. The Morgan fingerprint density at radius 3 is 2.81 bits per heavy atom. The Morgan fingerprint density at radius 1 is 1.19 bits per heavy atom. The van der Waals surface area contributed by atoms with Gasteiger partial charge in [-0.3, -0.25) is 9.98 Å². The molecule has 3 aromatic rings. The van der Waals surface area contributed by atoms with E-state index in [0.29, 0.717) is 24.6 Å². The number of hydrogen-bond donors (Lipinski definition) is 1. The summed E-state index contributed by atoms with van der Waals surface area (Å²) >= 11 is 1.58. The predicted octanol–water partition coefficient (Wildman–Crippen LogP) is 3.60. The lowest BCUT2D eigenvalue weighted by molar-refractivity contribution is 0.243. The molecule has 1 aliphatic carbocycles. The van der Waals surface area contributed by atoms with Crippen molar-refractivity contribution in [1.29, 1.82) is 0 Å². The van der Waals surface area contributed by atoms with E-state index < -0.39 is 0 Å². The number of aromatic nitrogens is 4. The molecule has 0 saturated heterocycles. The predicted molar refractivity (Wildman–Crippen MR) is 103 cm³/mol. The third-order valence-electron chi connectivity index (χ3n) is 5.24. The molecule has 0 bridgehead atoms. The summed E-state index contributed by atoms with van der Waals surface area (Å²) in [6.45, 7) is 1.24. The van der Waals surface area contributed by atoms with Crippen molar-refractivity contribution >= 4 is 23.4 Å². The largest absolute Gasteiger partial charge is 0.368 e. The number of thiazole rings is 1. The Morgan fingerprint density at radius 2 is 2.11 bits per heavy atom. The minimum absolute atomic E-state index is 0.235. The molecule has 0 unspecified atom stereocenters. The van der Waals surface area contributed by atoms with Crippen LogP contribution in [-0.2, 0) is 12.0 Å². The van der Waals surface area contributed by atoms with E-state index in [9.17, 15) is 4.39 Å². The molecule has 5 rings (SSSR count). The summed E-state index contributed by atoms with van der Waals surface area (Å²) in [4.78, 5) is 14.2. The van der Waals surface area contributed by atoms with Gasteiger partial charge in [0.1, 0.15) is 22.3 Å². The van der Waals surface area contributed by atoms with Gasteiger partial charge in [-0.25, -0.2) is 9.37 Å². The monoisotopic (exact) mass is 380 g/mol. The highest BCUT2D eigenvalue weighted by molar-refractivity contribution is 7.16. The van der Waals surface area contributed by atoms with Gasteiger partial charge >= 0.3 is 0 Å². The fourth-order valence-corrected chi connectivity index (χ4v) is 4.51. The first-order valence-corrected chi connectivity index (χ1v) is 9.74. The van der Waals surface area contributed by atoms with E-state index in [2.05, 4.69) is 30.5 Å². The zero-order valence-corrected chi connectivity index (χ0v) is 15.3. The van der Waals surface area contributed by atoms with E-state index in [-0.39, 0.29) is 11.2 Å². The highest BCUT2D eigenvalue weighted by Crippen LogP contribution is 2.43. The van der Waals surface area contributed by atoms with E-state index in [1.807, 2.05) is 18.3 Å². The van der Waals surface area contributed by atoms with Crippen LogP contribution in [0.1, 0.15) is 35.5 Å². The Bertz CT molecular complexity index is 1010. The van der Waals surface area contributed by atoms with E-state index in [1.54, 1.807) is 23.6 Å². The van der Waals surface area contributed by atoms with Crippen LogP contribution in [-0.4, -0.2) is 32.9 Å². The Hall–Kier alpha value is -2.74. The maximum atomic E-state index is 14.2. The third kappa shape index (κ3) is 2.90. The van der Waals surface area contributed by atoms with E-state index in [0.717, 1.165) is 40.5 Å². The standard InChI is InChI=1S/C19H17FN6S/c20-12-3-1-8-22-17(12)19(6-2-7-19)11-23-16-5-4-13(25-26-16)18-24-14-9-21-10-15(14)27-18/h1,3-5,8,10H,2,6-7,9,11H2,(H,23,26). The van der Waals surface area contributed by atoms with Crippen molar-refractivity contribution in [3.63, 3.8) is 0 Å². The second-order valence-corrected chi connectivity index (χ2v) is 7.96. The van der Waals surface area contributed by atoms with Crippen molar-refractivity contribution in [3.8, 4) is 10.7 Å². The van der Waals surface area contributed by atoms with Gasteiger partial charge in [0.2, 0.25) is 0 Å². The number of hydrogen-bond acceptors (Lipinski definition) is 7. The van der Waals surface area contributed by atoms with Crippen LogP contribution in [0, 0.1) is 5.82 Å². The number of fused-ring (bicyclic) bond motifs is 1. The van der Waals surface area contributed by atoms with Gasteiger partial charge in [-0.1, -0.05) is 6.42 Å². The molecule has 2 aliphatic rings. The van der Waals surface area contributed by atoms with Crippen LogP contribution in [0.2, 0.25) is 0 Å². The lowest BCUT2D eigenvalue weighted by atomic mass is 9.66. The van der Waals surface area contributed by atoms with Gasteiger partial charge in [0, 0.05) is 24.4 Å². The Balaban J connectivity index is 1.31. The van der Waals surface area contributed by atoms with Crippen LogP contribution >= 0.6 is 11.3 Å². The zero-order chi connectivity index (χ0) is 18.3. The van der Waals surface area contributed by atoms with Crippen molar-refractivity contribution in [2.75, 3.05) is 11.9 Å². The van der Waals surface area contributed by atoms with Gasteiger partial charge in [-0.2, -0.15) is 0 Å². The van der Waals surface area contributed by atoms with Gasteiger partial charge in [0.15, 0.2) is 0 Å². The van der Waals surface area contributed by atoms with Gasteiger partial charge < -0.3 is 5.32 Å². The van der Waals surface area contributed by atoms with Crippen molar-refractivity contribution in [2.24, 2.45) is 4.99 Å². The van der Waals surface area contributed by atoms with Crippen LogP contribution in [0.25, 0.3) is 10.7 Å². The molecule has 8 heteroatoms. The molecular formula is C19H17FN6S. The molecule has 3 aromatic heterocycles. The topological polar surface area (TPSA) is 76.0 Å². The molecule has 0 spiro atoms. The molecule has 0 atom stereocenters. The number of pyridine rings is 1. The van der Waals surface area contributed by atoms with E-state index >= 15 is 0 Å². The first kappa shape index (κ1) is 16.4. The number of anilines is 1. The molecule has 27 heavy (non-hydrogen) atoms. The molecule has 4 heterocycles. The quantitative estimate of drug-likeness (QED) is 0.732.